The second kappa shape index (κ2) is 5.82. The molecule has 1 aromatic rings. The number of nitrogens with one attached hydrogen (secondary N) is 1. The van der Waals surface area contributed by atoms with Crippen LogP contribution in [-0.2, 0) is 6.18 Å². The first kappa shape index (κ1) is 14.8. The lowest BCUT2D eigenvalue weighted by Gasteiger charge is -2.14. The number of carbonyl (C=O) groups excluding carboxylic acids is 1. The summed E-state index contributed by atoms with van der Waals surface area (Å²) in [5.74, 6) is 0.586. The molecule has 1 saturated heterocycles. The summed E-state index contributed by atoms with van der Waals surface area (Å²) in [5, 5.41) is 2.68. The molecule has 0 bridgehead atoms. The van der Waals surface area contributed by atoms with Gasteiger partial charge in [-0.05, 0) is 18.2 Å². The van der Waals surface area contributed by atoms with Crippen molar-refractivity contribution in [2.24, 2.45) is 0 Å². The third-order valence-electron chi connectivity index (χ3n) is 2.90. The molecule has 4 nitrogen and oxygen atoms in total. The third-order valence-corrected chi connectivity index (χ3v) is 3.97. The molecule has 8 heteroatoms. The second-order valence-corrected chi connectivity index (χ2v) is 5.45. The summed E-state index contributed by atoms with van der Waals surface area (Å²) in [4.78, 5) is 13.5. The molecule has 2 rings (SSSR count). The minimum Gasteiger partial charge on any atom is -0.398 e. The third kappa shape index (κ3) is 3.50. The molecule has 3 N–H and O–H groups in total. The zero-order chi connectivity index (χ0) is 14.8. The molecule has 1 aliphatic heterocycles. The fourth-order valence-corrected chi connectivity index (χ4v) is 2.77. The van der Waals surface area contributed by atoms with E-state index < -0.39 is 11.7 Å². The van der Waals surface area contributed by atoms with Gasteiger partial charge in [0.1, 0.15) is 0 Å². The highest BCUT2D eigenvalue weighted by atomic mass is 32.2. The Morgan fingerprint density at radius 2 is 2.15 bits per heavy atom. The lowest BCUT2D eigenvalue weighted by Crippen LogP contribution is -2.30. The highest BCUT2D eigenvalue weighted by Crippen LogP contribution is 2.34. The molecule has 0 saturated carbocycles. The Kier molecular flexibility index (Phi) is 4.32. The first-order valence-electron chi connectivity index (χ1n) is 6.00. The van der Waals surface area contributed by atoms with Gasteiger partial charge in [-0.25, -0.2) is 4.79 Å². The Balaban J connectivity index is 1.91. The van der Waals surface area contributed by atoms with Crippen molar-refractivity contribution in [2.45, 2.75) is 11.1 Å². The molecule has 0 aliphatic carbocycles. The summed E-state index contributed by atoms with van der Waals surface area (Å²) < 4.78 is 37.5. The number of rotatable bonds is 4. The van der Waals surface area contributed by atoms with Crippen molar-refractivity contribution >= 4 is 23.5 Å². The average molecular weight is 305 g/mol. The molecule has 0 aromatic heterocycles. The molecule has 0 spiro atoms. The molecule has 20 heavy (non-hydrogen) atoms. The molecular formula is C12H14F3N3OS. The van der Waals surface area contributed by atoms with E-state index in [-0.39, 0.29) is 11.7 Å². The maximum Gasteiger partial charge on any atom is 0.416 e. The molecule has 1 heterocycles. The van der Waals surface area contributed by atoms with Gasteiger partial charge in [-0.2, -0.15) is 13.2 Å². The van der Waals surface area contributed by atoms with E-state index in [1.54, 1.807) is 4.90 Å². The fourth-order valence-electron chi connectivity index (χ4n) is 1.85. The number of anilines is 1. The number of nitrogens with two attached hydrogens (primary N) is 1. The number of nitrogen functional groups attached to an aromatic ring is 1. The number of nitrogens with zero attached hydrogens (tertiary/aromatic N) is 1. The molecule has 0 radical (unpaired) electrons. The molecule has 2 amide bonds. The van der Waals surface area contributed by atoms with Crippen molar-refractivity contribution < 1.29 is 18.0 Å². The van der Waals surface area contributed by atoms with Crippen LogP contribution in [0.2, 0.25) is 0 Å². The SMILES string of the molecule is Nc1cc(C(F)(F)F)ccc1SCCN1CCNC1=O. The van der Waals surface area contributed by atoms with Crippen LogP contribution >= 0.6 is 11.8 Å². The molecule has 1 fully saturated rings. The van der Waals surface area contributed by atoms with Crippen LogP contribution in [0.3, 0.4) is 0 Å². The number of hydrogen-bond acceptors (Lipinski definition) is 3. The van der Waals surface area contributed by atoms with E-state index in [9.17, 15) is 18.0 Å². The lowest BCUT2D eigenvalue weighted by molar-refractivity contribution is -0.137. The van der Waals surface area contributed by atoms with Crippen molar-refractivity contribution in [1.29, 1.82) is 0 Å². The van der Waals surface area contributed by atoms with Gasteiger partial charge < -0.3 is 16.0 Å². The van der Waals surface area contributed by atoms with E-state index in [1.165, 1.54) is 17.8 Å². The van der Waals surface area contributed by atoms with Crippen LogP contribution in [-0.4, -0.2) is 36.3 Å². The number of hydrogen-bond donors (Lipinski definition) is 2. The van der Waals surface area contributed by atoms with E-state index in [0.717, 1.165) is 12.1 Å². The van der Waals surface area contributed by atoms with Gasteiger partial charge in [0.05, 0.1) is 5.56 Å². The highest BCUT2D eigenvalue weighted by Gasteiger charge is 2.30. The molecule has 1 aliphatic rings. The van der Waals surface area contributed by atoms with Gasteiger partial charge in [0.25, 0.3) is 0 Å². The number of benzene rings is 1. The van der Waals surface area contributed by atoms with Crippen molar-refractivity contribution in [3.8, 4) is 0 Å². The minimum atomic E-state index is -4.38. The summed E-state index contributed by atoms with van der Waals surface area (Å²) in [7, 11) is 0. The Morgan fingerprint density at radius 1 is 1.40 bits per heavy atom. The maximum absolute atomic E-state index is 12.5. The van der Waals surface area contributed by atoms with Crippen LogP contribution in [0.1, 0.15) is 5.56 Å². The van der Waals surface area contributed by atoms with E-state index in [1.807, 2.05) is 0 Å². The van der Waals surface area contributed by atoms with E-state index in [4.69, 9.17) is 5.73 Å². The predicted molar refractivity (Wildman–Crippen MR) is 71.6 cm³/mol. The van der Waals surface area contributed by atoms with Crippen LogP contribution < -0.4 is 11.1 Å². The van der Waals surface area contributed by atoms with Crippen molar-refractivity contribution in [3.63, 3.8) is 0 Å². The van der Waals surface area contributed by atoms with Gasteiger partial charge >= 0.3 is 12.2 Å². The number of alkyl halides is 3. The van der Waals surface area contributed by atoms with Gasteiger partial charge in [-0.15, -0.1) is 11.8 Å². The normalized spacial score (nSPS) is 15.6. The Labute approximate surface area is 118 Å². The quantitative estimate of drug-likeness (QED) is 0.663. The topological polar surface area (TPSA) is 58.4 Å². The number of thioether (sulfide) groups is 1. The van der Waals surface area contributed by atoms with E-state index >= 15 is 0 Å². The van der Waals surface area contributed by atoms with Gasteiger partial charge in [0.2, 0.25) is 0 Å². The molecule has 0 unspecified atom stereocenters. The molecule has 0 atom stereocenters. The number of carbonyl (C=O) groups is 1. The smallest absolute Gasteiger partial charge is 0.398 e. The zero-order valence-electron chi connectivity index (χ0n) is 10.5. The predicted octanol–water partition coefficient (Wildman–Crippen LogP) is 2.40. The summed E-state index contributed by atoms with van der Waals surface area (Å²) in [5.41, 5.74) is 4.98. The minimum absolute atomic E-state index is 0.106. The van der Waals surface area contributed by atoms with Gasteiger partial charge in [0.15, 0.2) is 0 Å². The van der Waals surface area contributed by atoms with E-state index in [0.29, 0.717) is 30.3 Å². The van der Waals surface area contributed by atoms with Crippen LogP contribution in [0, 0.1) is 0 Å². The lowest BCUT2D eigenvalue weighted by atomic mass is 10.2. The zero-order valence-corrected chi connectivity index (χ0v) is 11.4. The first-order valence-corrected chi connectivity index (χ1v) is 6.99. The number of halogens is 3. The van der Waals surface area contributed by atoms with Gasteiger partial charge in [-0.3, -0.25) is 0 Å². The maximum atomic E-state index is 12.5. The van der Waals surface area contributed by atoms with Crippen molar-refractivity contribution in [2.75, 3.05) is 31.1 Å². The molecule has 1 aromatic carbocycles. The largest absolute Gasteiger partial charge is 0.416 e. The fraction of sp³-hybridized carbons (Fsp3) is 0.417. The highest BCUT2D eigenvalue weighted by molar-refractivity contribution is 7.99. The van der Waals surface area contributed by atoms with Crippen LogP contribution in [0.4, 0.5) is 23.7 Å². The van der Waals surface area contributed by atoms with Crippen LogP contribution in [0.25, 0.3) is 0 Å². The van der Waals surface area contributed by atoms with Crippen LogP contribution in [0.15, 0.2) is 23.1 Å². The number of amides is 2. The van der Waals surface area contributed by atoms with Crippen molar-refractivity contribution in [1.82, 2.24) is 10.2 Å². The second-order valence-electron chi connectivity index (χ2n) is 4.32. The Hall–Kier alpha value is -1.57. The number of urea groups is 1. The van der Waals surface area contributed by atoms with Crippen LogP contribution in [0.5, 0.6) is 0 Å². The first-order chi connectivity index (χ1) is 9.38. The summed E-state index contributed by atoms with van der Waals surface area (Å²) >= 11 is 1.34. The van der Waals surface area contributed by atoms with Gasteiger partial charge in [-0.1, -0.05) is 0 Å². The monoisotopic (exact) mass is 305 g/mol. The Morgan fingerprint density at radius 3 is 2.70 bits per heavy atom. The average Bonchev–Trinajstić information content (AvgIpc) is 2.76. The summed E-state index contributed by atoms with van der Waals surface area (Å²) in [6.45, 7) is 1.82. The van der Waals surface area contributed by atoms with Gasteiger partial charge in [0, 0.05) is 36.0 Å². The standard InChI is InChI=1S/C12H14F3N3OS/c13-12(14,15)8-1-2-10(9(16)7-8)20-6-5-18-4-3-17-11(18)19/h1-2,7H,3-6,16H2,(H,17,19). The van der Waals surface area contributed by atoms with Crippen molar-refractivity contribution in [3.05, 3.63) is 23.8 Å². The Bertz CT molecular complexity index is 507. The van der Waals surface area contributed by atoms with E-state index in [2.05, 4.69) is 5.32 Å². The molecule has 110 valence electrons. The molecular weight excluding hydrogens is 291 g/mol. The summed E-state index contributed by atoms with van der Waals surface area (Å²) in [6.07, 6.45) is -4.38. The summed E-state index contributed by atoms with van der Waals surface area (Å²) in [6, 6.07) is 3.21.